The maximum atomic E-state index is 12.4. The second-order valence-corrected chi connectivity index (χ2v) is 7.40. The quantitative estimate of drug-likeness (QED) is 0.361. The molecule has 0 bridgehead atoms. The van der Waals surface area contributed by atoms with Crippen LogP contribution in [0.15, 0.2) is 83.8 Å². The molecular formula is C25H18N6O3. The number of ether oxygens (including phenoxy) is 1. The smallest absolute Gasteiger partial charge is 0.294 e. The van der Waals surface area contributed by atoms with Gasteiger partial charge in [-0.05, 0) is 43.3 Å². The van der Waals surface area contributed by atoms with E-state index in [1.807, 2.05) is 61.5 Å². The van der Waals surface area contributed by atoms with Gasteiger partial charge in [0.1, 0.15) is 17.6 Å². The minimum absolute atomic E-state index is 0.0940. The number of nitrogens with zero attached hydrogens (tertiary/aromatic N) is 4. The van der Waals surface area contributed by atoms with Crippen LogP contribution in [0, 0.1) is 18.3 Å². The Balaban J connectivity index is 1.44. The van der Waals surface area contributed by atoms with Crippen molar-refractivity contribution in [3.63, 3.8) is 0 Å². The van der Waals surface area contributed by atoms with Crippen molar-refractivity contribution in [2.45, 2.75) is 6.92 Å². The fourth-order valence-electron chi connectivity index (χ4n) is 3.52. The Morgan fingerprint density at radius 3 is 2.56 bits per heavy atom. The second kappa shape index (κ2) is 8.80. The highest BCUT2D eigenvalue weighted by atomic mass is 16.5. The zero-order valence-electron chi connectivity index (χ0n) is 18.0. The topological polar surface area (TPSA) is 117 Å². The Labute approximate surface area is 194 Å². The van der Waals surface area contributed by atoms with Crippen LogP contribution in [-0.2, 0) is 0 Å². The molecule has 9 heteroatoms. The fourth-order valence-corrected chi connectivity index (χ4v) is 3.52. The van der Waals surface area contributed by atoms with Gasteiger partial charge in [0.2, 0.25) is 5.76 Å². The van der Waals surface area contributed by atoms with Crippen LogP contribution in [0.2, 0.25) is 0 Å². The number of amides is 1. The second-order valence-electron chi connectivity index (χ2n) is 7.40. The highest BCUT2D eigenvalue weighted by Gasteiger charge is 2.19. The molecule has 5 aromatic rings. The molecule has 2 N–H and O–H groups in total. The van der Waals surface area contributed by atoms with E-state index in [-0.39, 0.29) is 5.76 Å². The minimum atomic E-state index is -0.430. The van der Waals surface area contributed by atoms with E-state index in [0.29, 0.717) is 28.2 Å². The highest BCUT2D eigenvalue weighted by molar-refractivity contribution is 6.04. The van der Waals surface area contributed by atoms with Gasteiger partial charge in [0.25, 0.3) is 5.91 Å². The third-order valence-corrected chi connectivity index (χ3v) is 5.19. The molecular weight excluding hydrogens is 432 g/mol. The molecule has 0 aliphatic carbocycles. The first kappa shape index (κ1) is 20.8. The van der Waals surface area contributed by atoms with Crippen molar-refractivity contribution in [1.82, 2.24) is 14.8 Å². The first-order chi connectivity index (χ1) is 16.6. The van der Waals surface area contributed by atoms with Crippen molar-refractivity contribution in [3.05, 3.63) is 96.1 Å². The summed E-state index contributed by atoms with van der Waals surface area (Å²) in [6, 6.07) is 20.6. The first-order valence-electron chi connectivity index (χ1n) is 10.4. The lowest BCUT2D eigenvalue weighted by molar-refractivity contribution is 0.0988. The maximum absolute atomic E-state index is 12.4. The van der Waals surface area contributed by atoms with E-state index in [2.05, 4.69) is 27.0 Å². The summed E-state index contributed by atoms with van der Waals surface area (Å²) in [7, 11) is 0. The number of aromatic nitrogens is 3. The number of rotatable bonds is 6. The number of anilines is 3. The lowest BCUT2D eigenvalue weighted by Crippen LogP contribution is -2.11. The standard InChI is InChI=1S/C25H18N6O3/c1-16-21(30-25(32)22-11-12-28-34-22)15-31-24(16)23(17(13-26)14-27-31)29-18-7-9-20(10-8-18)33-19-5-3-2-4-6-19/h2-12,14-15,29H,1H3,(H,30,32). The molecule has 34 heavy (non-hydrogen) atoms. The molecule has 0 radical (unpaired) electrons. The van der Waals surface area contributed by atoms with Gasteiger partial charge < -0.3 is 19.9 Å². The lowest BCUT2D eigenvalue weighted by Gasteiger charge is -2.12. The molecule has 0 fully saturated rings. The SMILES string of the molecule is Cc1c(NC(=O)c2ccno2)cn2ncc(C#N)c(Nc3ccc(Oc4ccccc4)cc3)c12. The van der Waals surface area contributed by atoms with Gasteiger partial charge in [-0.1, -0.05) is 23.4 Å². The van der Waals surface area contributed by atoms with Gasteiger partial charge in [-0.25, -0.2) is 4.52 Å². The zero-order chi connectivity index (χ0) is 23.5. The van der Waals surface area contributed by atoms with Crippen molar-refractivity contribution >= 4 is 28.5 Å². The van der Waals surface area contributed by atoms with Crippen molar-refractivity contribution in [2.24, 2.45) is 0 Å². The van der Waals surface area contributed by atoms with Crippen LogP contribution < -0.4 is 15.4 Å². The number of hydrogen-bond donors (Lipinski definition) is 2. The molecule has 5 rings (SSSR count). The molecule has 166 valence electrons. The average Bonchev–Trinajstić information content (AvgIpc) is 3.50. The molecule has 3 aromatic heterocycles. The van der Waals surface area contributed by atoms with Gasteiger partial charge in [-0.2, -0.15) is 10.4 Å². The molecule has 9 nitrogen and oxygen atoms in total. The largest absolute Gasteiger partial charge is 0.457 e. The van der Waals surface area contributed by atoms with E-state index < -0.39 is 5.91 Å². The Hall–Kier alpha value is -5.10. The molecule has 0 atom stereocenters. The number of benzene rings is 2. The van der Waals surface area contributed by atoms with E-state index >= 15 is 0 Å². The van der Waals surface area contributed by atoms with Crippen LogP contribution in [0.3, 0.4) is 0 Å². The zero-order valence-corrected chi connectivity index (χ0v) is 18.0. The number of nitriles is 1. The molecule has 0 unspecified atom stereocenters. The van der Waals surface area contributed by atoms with E-state index in [1.165, 1.54) is 18.5 Å². The van der Waals surface area contributed by atoms with Crippen molar-refractivity contribution in [2.75, 3.05) is 10.6 Å². The van der Waals surface area contributed by atoms with Crippen molar-refractivity contribution in [1.29, 1.82) is 5.26 Å². The predicted molar refractivity (Wildman–Crippen MR) is 125 cm³/mol. The Morgan fingerprint density at radius 1 is 1.09 bits per heavy atom. The molecule has 0 aliphatic rings. The van der Waals surface area contributed by atoms with Crippen LogP contribution in [0.25, 0.3) is 5.52 Å². The van der Waals surface area contributed by atoms with Gasteiger partial charge in [-0.15, -0.1) is 0 Å². The van der Waals surface area contributed by atoms with Crippen LogP contribution in [0.1, 0.15) is 21.7 Å². The predicted octanol–water partition coefficient (Wildman–Crippen LogP) is 5.29. The number of fused-ring (bicyclic) bond motifs is 1. The third kappa shape index (κ3) is 4.03. The van der Waals surface area contributed by atoms with Gasteiger partial charge in [0.15, 0.2) is 0 Å². The van der Waals surface area contributed by atoms with Crippen molar-refractivity contribution in [3.8, 4) is 17.6 Å². The summed E-state index contributed by atoms with van der Waals surface area (Å²) in [5.74, 6) is 1.10. The Morgan fingerprint density at radius 2 is 1.85 bits per heavy atom. The lowest BCUT2D eigenvalue weighted by atomic mass is 10.1. The Bertz CT molecular complexity index is 1500. The monoisotopic (exact) mass is 450 g/mol. The van der Waals surface area contributed by atoms with E-state index in [1.54, 1.807) is 10.7 Å². The molecule has 1 amide bonds. The summed E-state index contributed by atoms with van der Waals surface area (Å²) >= 11 is 0. The number of carbonyl (C=O) groups excluding carboxylic acids is 1. The number of nitrogens with one attached hydrogen (secondary N) is 2. The fraction of sp³-hybridized carbons (Fsp3) is 0.0400. The van der Waals surface area contributed by atoms with Gasteiger partial charge in [0, 0.05) is 17.3 Å². The molecule has 3 heterocycles. The summed E-state index contributed by atoms with van der Waals surface area (Å²) < 4.78 is 12.4. The summed E-state index contributed by atoms with van der Waals surface area (Å²) in [5, 5.41) is 23.7. The van der Waals surface area contributed by atoms with Crippen LogP contribution >= 0.6 is 0 Å². The van der Waals surface area contributed by atoms with Crippen molar-refractivity contribution < 1.29 is 14.1 Å². The Kier molecular flexibility index (Phi) is 5.38. The normalized spacial score (nSPS) is 10.6. The van der Waals surface area contributed by atoms with Crippen LogP contribution in [-0.4, -0.2) is 20.7 Å². The first-order valence-corrected chi connectivity index (χ1v) is 10.4. The molecule has 0 saturated heterocycles. The summed E-state index contributed by atoms with van der Waals surface area (Å²) in [5.41, 5.74) is 3.65. The minimum Gasteiger partial charge on any atom is -0.457 e. The van der Waals surface area contributed by atoms with Gasteiger partial charge >= 0.3 is 0 Å². The number of hydrogen-bond acceptors (Lipinski definition) is 7. The van der Waals surface area contributed by atoms with E-state index in [4.69, 9.17) is 9.26 Å². The molecule has 2 aromatic carbocycles. The molecule has 0 spiro atoms. The molecule has 0 aliphatic heterocycles. The molecule has 0 saturated carbocycles. The highest BCUT2D eigenvalue weighted by Crippen LogP contribution is 2.33. The van der Waals surface area contributed by atoms with Gasteiger partial charge in [-0.3, -0.25) is 4.79 Å². The van der Waals surface area contributed by atoms with E-state index in [9.17, 15) is 10.1 Å². The average molecular weight is 450 g/mol. The third-order valence-electron chi connectivity index (χ3n) is 5.19. The maximum Gasteiger partial charge on any atom is 0.294 e. The summed E-state index contributed by atoms with van der Waals surface area (Å²) in [6.45, 7) is 1.84. The van der Waals surface area contributed by atoms with Gasteiger partial charge in [0.05, 0.1) is 41.0 Å². The van der Waals surface area contributed by atoms with Crippen LogP contribution in [0.4, 0.5) is 17.1 Å². The van der Waals surface area contributed by atoms with E-state index in [0.717, 1.165) is 17.0 Å². The number of aryl methyl sites for hydroxylation is 1. The van der Waals surface area contributed by atoms with Crippen LogP contribution in [0.5, 0.6) is 11.5 Å². The number of carbonyl (C=O) groups is 1. The number of para-hydroxylation sites is 1. The summed E-state index contributed by atoms with van der Waals surface area (Å²) in [6.07, 6.45) is 4.56. The summed E-state index contributed by atoms with van der Waals surface area (Å²) in [4.78, 5) is 12.4.